The highest BCUT2D eigenvalue weighted by atomic mass is 19.1. The molecule has 0 aliphatic rings. The lowest BCUT2D eigenvalue weighted by atomic mass is 10.2. The van der Waals surface area contributed by atoms with Crippen LogP contribution in [-0.4, -0.2) is 18.5 Å². The zero-order valence-corrected chi connectivity index (χ0v) is 11.9. The van der Waals surface area contributed by atoms with Crippen LogP contribution >= 0.6 is 0 Å². The molecule has 0 atom stereocenters. The topological polar surface area (TPSA) is 55.4 Å². The number of hydrogen-bond donors (Lipinski definition) is 1. The predicted octanol–water partition coefficient (Wildman–Crippen LogP) is 2.23. The van der Waals surface area contributed by atoms with Crippen molar-refractivity contribution in [3.63, 3.8) is 0 Å². The summed E-state index contributed by atoms with van der Waals surface area (Å²) < 4.78 is 17.6. The number of carbonyl (C=O) groups is 2. The van der Waals surface area contributed by atoms with Gasteiger partial charge in [-0.2, -0.15) is 0 Å². The van der Waals surface area contributed by atoms with Gasteiger partial charge < -0.3 is 10.1 Å². The van der Waals surface area contributed by atoms with E-state index in [1.165, 1.54) is 12.1 Å². The molecule has 2 aromatic rings. The van der Waals surface area contributed by atoms with Gasteiger partial charge in [-0.25, -0.2) is 4.39 Å². The van der Waals surface area contributed by atoms with Crippen molar-refractivity contribution in [2.24, 2.45) is 0 Å². The highest BCUT2D eigenvalue weighted by Crippen LogP contribution is 2.02. The summed E-state index contributed by atoms with van der Waals surface area (Å²) in [7, 11) is 0. The summed E-state index contributed by atoms with van der Waals surface area (Å²) in [5, 5.41) is 2.60. The van der Waals surface area contributed by atoms with Crippen LogP contribution in [0, 0.1) is 5.82 Å². The zero-order valence-electron chi connectivity index (χ0n) is 11.9. The van der Waals surface area contributed by atoms with E-state index >= 15 is 0 Å². The molecule has 2 aromatic carbocycles. The number of rotatable bonds is 6. The Labute approximate surface area is 127 Å². The van der Waals surface area contributed by atoms with Gasteiger partial charge in [0.05, 0.1) is 6.42 Å². The van der Waals surface area contributed by atoms with Gasteiger partial charge in [-0.15, -0.1) is 0 Å². The summed E-state index contributed by atoms with van der Waals surface area (Å²) >= 11 is 0. The highest BCUT2D eigenvalue weighted by Gasteiger charge is 2.08. The quantitative estimate of drug-likeness (QED) is 0.832. The molecule has 1 N–H and O–H groups in total. The first-order chi connectivity index (χ1) is 10.6. The van der Waals surface area contributed by atoms with Gasteiger partial charge >= 0.3 is 5.97 Å². The standard InChI is InChI=1S/C17H16FNO3/c18-15-8-6-14(7-9-15)11-19-16(20)12-22-17(21)10-13-4-2-1-3-5-13/h1-9H,10-12H2,(H,19,20). The molecule has 5 heteroatoms. The molecule has 2 rings (SSSR count). The number of ether oxygens (including phenoxy) is 1. The molecule has 1 amide bonds. The summed E-state index contributed by atoms with van der Waals surface area (Å²) in [5.74, 6) is -1.18. The number of amides is 1. The van der Waals surface area contributed by atoms with Crippen LogP contribution in [0.15, 0.2) is 54.6 Å². The average Bonchev–Trinajstić information content (AvgIpc) is 2.53. The molecule has 0 bridgehead atoms. The molecule has 0 aromatic heterocycles. The van der Waals surface area contributed by atoms with Crippen LogP contribution in [0.5, 0.6) is 0 Å². The molecule has 0 heterocycles. The van der Waals surface area contributed by atoms with Crippen molar-refractivity contribution in [2.45, 2.75) is 13.0 Å². The molecule has 114 valence electrons. The first-order valence-electron chi connectivity index (χ1n) is 6.84. The van der Waals surface area contributed by atoms with Crippen molar-refractivity contribution < 1.29 is 18.7 Å². The van der Waals surface area contributed by atoms with Crippen LogP contribution in [0.4, 0.5) is 4.39 Å². The van der Waals surface area contributed by atoms with Gasteiger partial charge in [-0.1, -0.05) is 42.5 Å². The number of carbonyl (C=O) groups excluding carboxylic acids is 2. The largest absolute Gasteiger partial charge is 0.455 e. The normalized spacial score (nSPS) is 10.0. The van der Waals surface area contributed by atoms with E-state index in [1.807, 2.05) is 30.3 Å². The Morgan fingerprint density at radius 2 is 1.64 bits per heavy atom. The Balaban J connectivity index is 1.69. The van der Waals surface area contributed by atoms with Crippen LogP contribution in [0.1, 0.15) is 11.1 Å². The molecule has 4 nitrogen and oxygen atoms in total. The third-order valence-electron chi connectivity index (χ3n) is 2.96. The van der Waals surface area contributed by atoms with E-state index in [0.717, 1.165) is 11.1 Å². The molecule has 0 aliphatic carbocycles. The fourth-order valence-electron chi connectivity index (χ4n) is 1.81. The molecule has 0 aliphatic heterocycles. The summed E-state index contributed by atoms with van der Waals surface area (Å²) in [6.45, 7) is -0.0673. The second-order valence-electron chi connectivity index (χ2n) is 4.73. The summed E-state index contributed by atoms with van der Waals surface area (Å²) in [6.07, 6.45) is 0.131. The van der Waals surface area contributed by atoms with Crippen molar-refractivity contribution in [3.05, 3.63) is 71.5 Å². The van der Waals surface area contributed by atoms with Gasteiger partial charge in [0.15, 0.2) is 6.61 Å². The lowest BCUT2D eigenvalue weighted by Gasteiger charge is -2.07. The maximum absolute atomic E-state index is 12.7. The minimum absolute atomic E-state index is 0.131. The van der Waals surface area contributed by atoms with E-state index < -0.39 is 11.9 Å². The Kier molecular flexibility index (Phi) is 5.65. The Morgan fingerprint density at radius 3 is 2.32 bits per heavy atom. The zero-order chi connectivity index (χ0) is 15.8. The van der Waals surface area contributed by atoms with E-state index in [4.69, 9.17) is 4.74 Å². The number of esters is 1. The molecule has 0 spiro atoms. The molecular weight excluding hydrogens is 285 g/mol. The van der Waals surface area contributed by atoms with E-state index in [1.54, 1.807) is 12.1 Å². The van der Waals surface area contributed by atoms with Crippen LogP contribution in [0.25, 0.3) is 0 Å². The van der Waals surface area contributed by atoms with Crippen LogP contribution < -0.4 is 5.32 Å². The molecule has 0 unspecified atom stereocenters. The molecule has 0 saturated heterocycles. The van der Waals surface area contributed by atoms with Gasteiger partial charge in [0.25, 0.3) is 5.91 Å². The number of hydrogen-bond acceptors (Lipinski definition) is 3. The molecule has 0 saturated carbocycles. The molecular formula is C17H16FNO3. The van der Waals surface area contributed by atoms with Gasteiger partial charge in [0.1, 0.15) is 5.82 Å². The lowest BCUT2D eigenvalue weighted by Crippen LogP contribution is -2.28. The van der Waals surface area contributed by atoms with Crippen molar-refractivity contribution in [1.29, 1.82) is 0 Å². The number of nitrogens with one attached hydrogen (secondary N) is 1. The average molecular weight is 301 g/mol. The van der Waals surface area contributed by atoms with Crippen LogP contribution in [0.2, 0.25) is 0 Å². The Bertz CT molecular complexity index is 626. The predicted molar refractivity (Wildman–Crippen MR) is 79.4 cm³/mol. The lowest BCUT2D eigenvalue weighted by molar-refractivity contribution is -0.147. The maximum Gasteiger partial charge on any atom is 0.310 e. The maximum atomic E-state index is 12.7. The third kappa shape index (κ3) is 5.36. The minimum atomic E-state index is -0.455. The van der Waals surface area contributed by atoms with Crippen molar-refractivity contribution in [1.82, 2.24) is 5.32 Å². The van der Waals surface area contributed by atoms with E-state index in [-0.39, 0.29) is 25.4 Å². The van der Waals surface area contributed by atoms with Gasteiger partial charge in [0, 0.05) is 6.54 Å². The molecule has 0 radical (unpaired) electrons. The third-order valence-corrected chi connectivity index (χ3v) is 2.96. The molecule has 0 fully saturated rings. The summed E-state index contributed by atoms with van der Waals surface area (Å²) in [6, 6.07) is 15.0. The van der Waals surface area contributed by atoms with Crippen LogP contribution in [-0.2, 0) is 27.3 Å². The minimum Gasteiger partial charge on any atom is -0.455 e. The van der Waals surface area contributed by atoms with E-state index in [0.29, 0.717) is 0 Å². The highest BCUT2D eigenvalue weighted by molar-refractivity contribution is 5.81. The van der Waals surface area contributed by atoms with Crippen molar-refractivity contribution >= 4 is 11.9 Å². The van der Waals surface area contributed by atoms with Gasteiger partial charge in [-0.05, 0) is 23.3 Å². The van der Waals surface area contributed by atoms with E-state index in [9.17, 15) is 14.0 Å². The Morgan fingerprint density at radius 1 is 0.955 bits per heavy atom. The monoisotopic (exact) mass is 301 g/mol. The fourth-order valence-corrected chi connectivity index (χ4v) is 1.81. The Hall–Kier alpha value is -2.69. The van der Waals surface area contributed by atoms with Crippen LogP contribution in [0.3, 0.4) is 0 Å². The van der Waals surface area contributed by atoms with Crippen molar-refractivity contribution in [2.75, 3.05) is 6.61 Å². The van der Waals surface area contributed by atoms with Gasteiger partial charge in [-0.3, -0.25) is 9.59 Å². The SMILES string of the molecule is O=C(COC(=O)Cc1ccccc1)NCc1ccc(F)cc1. The summed E-state index contributed by atoms with van der Waals surface area (Å²) in [5.41, 5.74) is 1.60. The second-order valence-corrected chi connectivity index (χ2v) is 4.73. The van der Waals surface area contributed by atoms with Gasteiger partial charge in [0.2, 0.25) is 0 Å². The second kappa shape index (κ2) is 7.93. The summed E-state index contributed by atoms with van der Waals surface area (Å²) in [4.78, 5) is 23.2. The molecule has 22 heavy (non-hydrogen) atoms. The smallest absolute Gasteiger partial charge is 0.310 e. The number of benzene rings is 2. The fraction of sp³-hybridized carbons (Fsp3) is 0.176. The first-order valence-corrected chi connectivity index (χ1v) is 6.84. The number of halogens is 1. The van der Waals surface area contributed by atoms with Crippen molar-refractivity contribution in [3.8, 4) is 0 Å². The first kappa shape index (κ1) is 15.7. The van der Waals surface area contributed by atoms with E-state index in [2.05, 4.69) is 5.32 Å².